The van der Waals surface area contributed by atoms with Crippen molar-refractivity contribution in [1.82, 2.24) is 10.3 Å². The van der Waals surface area contributed by atoms with Crippen molar-refractivity contribution in [1.29, 1.82) is 0 Å². The molecule has 0 aliphatic heterocycles. The summed E-state index contributed by atoms with van der Waals surface area (Å²) >= 11 is 0. The number of hydrogen-bond donors (Lipinski definition) is 2. The van der Waals surface area contributed by atoms with Crippen LogP contribution in [0.4, 0.5) is 10.1 Å². The maximum atomic E-state index is 13.4. The van der Waals surface area contributed by atoms with Gasteiger partial charge in [0, 0.05) is 11.3 Å². The quantitative estimate of drug-likeness (QED) is 0.644. The highest BCUT2D eigenvalue weighted by Crippen LogP contribution is 2.22. The third-order valence-corrected chi connectivity index (χ3v) is 4.34. The van der Waals surface area contributed by atoms with Crippen molar-refractivity contribution >= 4 is 17.5 Å². The molecule has 2 aromatic carbocycles. The van der Waals surface area contributed by atoms with Crippen LogP contribution in [0.5, 0.6) is 0 Å². The highest BCUT2D eigenvalue weighted by Gasteiger charge is 2.25. The first kappa shape index (κ1) is 20.3. The minimum absolute atomic E-state index is 0.0705. The van der Waals surface area contributed by atoms with E-state index in [2.05, 4.69) is 15.6 Å². The minimum atomic E-state index is -0.578. The predicted molar refractivity (Wildman–Crippen MR) is 107 cm³/mol. The van der Waals surface area contributed by atoms with Crippen LogP contribution in [-0.4, -0.2) is 16.8 Å². The van der Waals surface area contributed by atoms with Crippen LogP contribution in [0.1, 0.15) is 52.2 Å². The smallest absolute Gasteiger partial charge is 0.277 e. The number of nitrogens with zero attached hydrogens (tertiary/aromatic N) is 1. The highest BCUT2D eigenvalue weighted by molar-refractivity contribution is 6.02. The van der Waals surface area contributed by atoms with Crippen LogP contribution in [0.25, 0.3) is 0 Å². The molecule has 2 amide bonds. The Morgan fingerprint density at radius 1 is 1.07 bits per heavy atom. The van der Waals surface area contributed by atoms with Crippen LogP contribution in [0, 0.1) is 18.7 Å². The number of aromatic nitrogens is 1. The highest BCUT2D eigenvalue weighted by atomic mass is 19.1. The molecule has 0 unspecified atom stereocenters. The number of benzene rings is 2. The molecule has 150 valence electrons. The SMILES string of the molecule is Cc1cccc(NC(=O)c2coc([C@H](NC(=O)c3cccc(F)c3)C(C)C)n2)c1. The van der Waals surface area contributed by atoms with Crippen molar-refractivity contribution < 1.29 is 18.4 Å². The number of rotatable bonds is 6. The van der Waals surface area contributed by atoms with Crippen LogP contribution < -0.4 is 10.6 Å². The molecule has 1 heterocycles. The zero-order chi connectivity index (χ0) is 21.0. The lowest BCUT2D eigenvalue weighted by molar-refractivity contribution is 0.0916. The molecule has 1 atom stereocenters. The summed E-state index contributed by atoms with van der Waals surface area (Å²) in [7, 11) is 0. The Morgan fingerprint density at radius 3 is 2.52 bits per heavy atom. The van der Waals surface area contributed by atoms with E-state index in [-0.39, 0.29) is 23.1 Å². The average Bonchev–Trinajstić information content (AvgIpc) is 3.15. The van der Waals surface area contributed by atoms with Crippen LogP contribution >= 0.6 is 0 Å². The number of nitrogens with one attached hydrogen (secondary N) is 2. The molecule has 0 fully saturated rings. The molecule has 3 rings (SSSR count). The lowest BCUT2D eigenvalue weighted by atomic mass is 10.0. The second kappa shape index (κ2) is 8.68. The number of carbonyl (C=O) groups is 2. The van der Waals surface area contributed by atoms with Crippen molar-refractivity contribution in [2.45, 2.75) is 26.8 Å². The summed E-state index contributed by atoms with van der Waals surface area (Å²) in [5, 5.41) is 5.56. The van der Waals surface area contributed by atoms with Gasteiger partial charge >= 0.3 is 0 Å². The van der Waals surface area contributed by atoms with Gasteiger partial charge in [-0.15, -0.1) is 0 Å². The van der Waals surface area contributed by atoms with Crippen molar-refractivity contribution in [3.05, 3.63) is 83.3 Å². The number of aryl methyl sites for hydroxylation is 1. The summed E-state index contributed by atoms with van der Waals surface area (Å²) in [6, 6.07) is 12.2. The Hall–Kier alpha value is -3.48. The number of amides is 2. The van der Waals surface area contributed by atoms with Gasteiger partial charge < -0.3 is 15.1 Å². The molecule has 0 saturated heterocycles. The van der Waals surface area contributed by atoms with Gasteiger partial charge in [-0.1, -0.05) is 32.0 Å². The van der Waals surface area contributed by atoms with Gasteiger partial charge in [-0.05, 0) is 48.7 Å². The molecule has 7 heteroatoms. The lowest BCUT2D eigenvalue weighted by Crippen LogP contribution is -2.32. The molecule has 1 aromatic heterocycles. The fraction of sp³-hybridized carbons (Fsp3) is 0.227. The fourth-order valence-corrected chi connectivity index (χ4v) is 2.82. The van der Waals surface area contributed by atoms with Gasteiger partial charge in [0.25, 0.3) is 11.8 Å². The summed E-state index contributed by atoms with van der Waals surface area (Å²) < 4.78 is 18.9. The summed E-state index contributed by atoms with van der Waals surface area (Å²) in [5.41, 5.74) is 1.97. The van der Waals surface area contributed by atoms with E-state index in [4.69, 9.17) is 4.42 Å². The number of anilines is 1. The van der Waals surface area contributed by atoms with Gasteiger partial charge in [-0.2, -0.15) is 0 Å². The molecular weight excluding hydrogens is 373 g/mol. The van der Waals surface area contributed by atoms with Gasteiger partial charge in [-0.3, -0.25) is 9.59 Å². The first-order valence-corrected chi connectivity index (χ1v) is 9.23. The Labute approximate surface area is 168 Å². The summed E-state index contributed by atoms with van der Waals surface area (Å²) in [6.07, 6.45) is 1.25. The van der Waals surface area contributed by atoms with E-state index in [1.165, 1.54) is 24.5 Å². The summed E-state index contributed by atoms with van der Waals surface area (Å²) in [4.78, 5) is 29.2. The van der Waals surface area contributed by atoms with Crippen LogP contribution in [0.15, 0.2) is 59.2 Å². The zero-order valence-electron chi connectivity index (χ0n) is 16.4. The van der Waals surface area contributed by atoms with Gasteiger partial charge in [0.1, 0.15) is 18.1 Å². The van der Waals surface area contributed by atoms with Gasteiger partial charge in [0.05, 0.1) is 0 Å². The molecule has 3 aromatic rings. The Kier molecular flexibility index (Phi) is 6.07. The van der Waals surface area contributed by atoms with Crippen molar-refractivity contribution in [2.75, 3.05) is 5.32 Å². The van der Waals surface area contributed by atoms with Gasteiger partial charge in [0.2, 0.25) is 5.89 Å². The van der Waals surface area contributed by atoms with Crippen LogP contribution in [0.3, 0.4) is 0 Å². The van der Waals surface area contributed by atoms with E-state index in [9.17, 15) is 14.0 Å². The van der Waals surface area contributed by atoms with Crippen LogP contribution in [0.2, 0.25) is 0 Å². The fourth-order valence-electron chi connectivity index (χ4n) is 2.82. The minimum Gasteiger partial charge on any atom is -0.446 e. The Balaban J connectivity index is 1.74. The summed E-state index contributed by atoms with van der Waals surface area (Å²) in [5.74, 6) is -1.22. The lowest BCUT2D eigenvalue weighted by Gasteiger charge is -2.19. The Morgan fingerprint density at radius 2 is 1.83 bits per heavy atom. The molecule has 0 bridgehead atoms. The third-order valence-electron chi connectivity index (χ3n) is 4.34. The molecule has 0 spiro atoms. The first-order chi connectivity index (χ1) is 13.8. The molecular formula is C22H22FN3O3. The molecule has 2 N–H and O–H groups in total. The molecule has 29 heavy (non-hydrogen) atoms. The van der Waals surface area contributed by atoms with E-state index in [0.29, 0.717) is 5.69 Å². The van der Waals surface area contributed by atoms with Crippen molar-refractivity contribution in [3.63, 3.8) is 0 Å². The van der Waals surface area contributed by atoms with E-state index in [0.717, 1.165) is 11.6 Å². The zero-order valence-corrected chi connectivity index (χ0v) is 16.4. The first-order valence-electron chi connectivity index (χ1n) is 9.23. The normalized spacial score (nSPS) is 11.9. The van der Waals surface area contributed by atoms with Gasteiger partial charge in [-0.25, -0.2) is 9.37 Å². The number of halogens is 1. The molecule has 6 nitrogen and oxygen atoms in total. The van der Waals surface area contributed by atoms with Crippen LogP contribution in [-0.2, 0) is 0 Å². The van der Waals surface area contributed by atoms with Crippen molar-refractivity contribution in [2.24, 2.45) is 5.92 Å². The van der Waals surface area contributed by atoms with Gasteiger partial charge in [0.15, 0.2) is 5.69 Å². The van der Waals surface area contributed by atoms with Crippen molar-refractivity contribution in [3.8, 4) is 0 Å². The average molecular weight is 395 g/mol. The second-order valence-corrected chi connectivity index (χ2v) is 7.10. The number of hydrogen-bond acceptors (Lipinski definition) is 4. The number of carbonyl (C=O) groups excluding carboxylic acids is 2. The monoisotopic (exact) mass is 395 g/mol. The topological polar surface area (TPSA) is 84.2 Å². The molecule has 0 aliphatic carbocycles. The molecule has 0 radical (unpaired) electrons. The second-order valence-electron chi connectivity index (χ2n) is 7.10. The van der Waals surface area contributed by atoms with E-state index in [1.54, 1.807) is 6.07 Å². The molecule has 0 saturated carbocycles. The predicted octanol–water partition coefficient (Wildman–Crippen LogP) is 4.50. The standard InChI is InChI=1S/C22H22FN3O3/c1-13(2)19(26-20(27)15-7-5-8-16(23)11-15)22-25-18(12-29-22)21(28)24-17-9-4-6-14(3)10-17/h4-13,19H,1-3H3,(H,24,28)(H,26,27)/t19-/m1/s1. The van der Waals surface area contributed by atoms with E-state index in [1.807, 2.05) is 39.0 Å². The number of oxazole rings is 1. The molecule has 0 aliphatic rings. The summed E-state index contributed by atoms with van der Waals surface area (Å²) in [6.45, 7) is 5.69. The largest absolute Gasteiger partial charge is 0.446 e. The third kappa shape index (κ3) is 5.07. The van der Waals surface area contributed by atoms with E-state index >= 15 is 0 Å². The maximum absolute atomic E-state index is 13.4. The maximum Gasteiger partial charge on any atom is 0.277 e. The van der Waals surface area contributed by atoms with E-state index < -0.39 is 23.7 Å². The Bertz CT molecular complexity index is 1030.